The van der Waals surface area contributed by atoms with Gasteiger partial charge in [0.2, 0.25) is 0 Å². The van der Waals surface area contributed by atoms with Gasteiger partial charge in [-0.2, -0.15) is 0 Å². The summed E-state index contributed by atoms with van der Waals surface area (Å²) in [4.78, 5) is 21.5. The molecule has 0 spiro atoms. The van der Waals surface area contributed by atoms with E-state index in [9.17, 15) is 9.59 Å². The smallest absolute Gasteiger partial charge is 0.334 e. The van der Waals surface area contributed by atoms with Crippen LogP contribution in [0.2, 0.25) is 0 Å². The highest BCUT2D eigenvalue weighted by atomic mass is 16.5. The lowest BCUT2D eigenvalue weighted by Gasteiger charge is -2.12. The Morgan fingerprint density at radius 1 is 1.64 bits per heavy atom. The number of allylic oxidation sites excluding steroid dienone is 1. The van der Waals surface area contributed by atoms with Crippen molar-refractivity contribution in [3.8, 4) is 0 Å². The molecule has 0 amide bonds. The molecule has 60 valence electrons. The van der Waals surface area contributed by atoms with Crippen molar-refractivity contribution in [2.45, 2.75) is 19.8 Å². The molecule has 0 aromatic carbocycles. The summed E-state index contributed by atoms with van der Waals surface area (Å²) in [6, 6.07) is 0. The minimum Gasteiger partial charge on any atom is -0.462 e. The van der Waals surface area contributed by atoms with Crippen LogP contribution >= 0.6 is 0 Å². The van der Waals surface area contributed by atoms with Gasteiger partial charge >= 0.3 is 5.97 Å². The fourth-order valence-electron chi connectivity index (χ4n) is 0.999. The molecular formula is C8H10O3. The normalized spacial score (nSPS) is 21.5. The van der Waals surface area contributed by atoms with E-state index < -0.39 is 0 Å². The molecule has 3 heteroatoms. The van der Waals surface area contributed by atoms with E-state index in [1.165, 1.54) is 13.0 Å². The summed E-state index contributed by atoms with van der Waals surface area (Å²) in [5, 5.41) is 0. The Kier molecular flexibility index (Phi) is 2.41. The quantitative estimate of drug-likeness (QED) is 0.415. The van der Waals surface area contributed by atoms with Gasteiger partial charge in [-0.1, -0.05) is 0 Å². The second kappa shape index (κ2) is 3.32. The molecule has 0 N–H and O–H groups in total. The second-order valence-corrected chi connectivity index (χ2v) is 2.52. The van der Waals surface area contributed by atoms with Crippen molar-refractivity contribution in [1.82, 2.24) is 0 Å². The van der Waals surface area contributed by atoms with Gasteiger partial charge in [0.1, 0.15) is 0 Å². The molecule has 1 heterocycles. The number of rotatable bonds is 1. The van der Waals surface area contributed by atoms with Crippen LogP contribution in [0, 0.1) is 0 Å². The van der Waals surface area contributed by atoms with Crippen LogP contribution in [0.25, 0.3) is 0 Å². The van der Waals surface area contributed by atoms with E-state index in [1.54, 1.807) is 0 Å². The number of hydrogen-bond donors (Lipinski definition) is 0. The van der Waals surface area contributed by atoms with Gasteiger partial charge in [0.25, 0.3) is 0 Å². The van der Waals surface area contributed by atoms with Crippen LogP contribution in [-0.4, -0.2) is 18.4 Å². The first-order valence-electron chi connectivity index (χ1n) is 3.58. The third-order valence-corrected chi connectivity index (χ3v) is 1.46. The second-order valence-electron chi connectivity index (χ2n) is 2.52. The van der Waals surface area contributed by atoms with Crippen molar-refractivity contribution < 1.29 is 14.3 Å². The van der Waals surface area contributed by atoms with Crippen molar-refractivity contribution in [3.63, 3.8) is 0 Å². The Balaban J connectivity index is 2.68. The largest absolute Gasteiger partial charge is 0.462 e. The van der Waals surface area contributed by atoms with E-state index in [4.69, 9.17) is 4.74 Å². The van der Waals surface area contributed by atoms with E-state index in [2.05, 4.69) is 0 Å². The van der Waals surface area contributed by atoms with E-state index in [0.29, 0.717) is 18.6 Å². The monoisotopic (exact) mass is 154 g/mol. The average molecular weight is 154 g/mol. The Labute approximate surface area is 65.0 Å². The van der Waals surface area contributed by atoms with Crippen LogP contribution in [-0.2, 0) is 14.3 Å². The number of esters is 1. The highest BCUT2D eigenvalue weighted by Crippen LogP contribution is 2.13. The van der Waals surface area contributed by atoms with Crippen LogP contribution in [0.5, 0.6) is 0 Å². The van der Waals surface area contributed by atoms with Gasteiger partial charge in [0, 0.05) is 5.57 Å². The summed E-state index contributed by atoms with van der Waals surface area (Å²) in [6.07, 6.45) is 2.84. The molecular weight excluding hydrogens is 144 g/mol. The highest BCUT2D eigenvalue weighted by molar-refractivity contribution is 5.98. The molecule has 1 fully saturated rings. The van der Waals surface area contributed by atoms with Crippen molar-refractivity contribution in [2.75, 3.05) is 6.61 Å². The minimum absolute atomic E-state index is 0.0983. The highest BCUT2D eigenvalue weighted by Gasteiger charge is 2.16. The van der Waals surface area contributed by atoms with Crippen molar-refractivity contribution in [1.29, 1.82) is 0 Å². The molecule has 0 unspecified atom stereocenters. The minimum atomic E-state index is -0.341. The number of hydrogen-bond acceptors (Lipinski definition) is 3. The van der Waals surface area contributed by atoms with Crippen molar-refractivity contribution in [3.05, 3.63) is 11.6 Å². The van der Waals surface area contributed by atoms with Crippen LogP contribution in [0.1, 0.15) is 19.8 Å². The topological polar surface area (TPSA) is 43.4 Å². The molecule has 0 bridgehead atoms. The fourth-order valence-corrected chi connectivity index (χ4v) is 0.999. The Hall–Kier alpha value is -1.12. The predicted molar refractivity (Wildman–Crippen MR) is 39.0 cm³/mol. The van der Waals surface area contributed by atoms with Crippen LogP contribution in [0.4, 0.5) is 0 Å². The number of carbonyl (C=O) groups excluding carboxylic acids is 2. The van der Waals surface area contributed by atoms with Gasteiger partial charge in [-0.05, 0) is 25.8 Å². The number of carbonyl (C=O) groups is 2. The van der Waals surface area contributed by atoms with E-state index >= 15 is 0 Å². The molecule has 0 aliphatic carbocycles. The Morgan fingerprint density at radius 3 is 2.91 bits per heavy atom. The zero-order valence-electron chi connectivity index (χ0n) is 6.42. The van der Waals surface area contributed by atoms with Gasteiger partial charge in [0.15, 0.2) is 5.78 Å². The standard InChI is InChI=1S/C8H10O3/c1-6(9)5-7-3-2-4-11-8(7)10/h5H,2-4H2,1H3/b7-5-. The van der Waals surface area contributed by atoms with Crippen LogP contribution in [0.3, 0.4) is 0 Å². The van der Waals surface area contributed by atoms with Crippen molar-refractivity contribution >= 4 is 11.8 Å². The third-order valence-electron chi connectivity index (χ3n) is 1.46. The predicted octanol–water partition coefficient (Wildman–Crippen LogP) is 0.839. The zero-order chi connectivity index (χ0) is 8.27. The third kappa shape index (κ3) is 2.18. The summed E-state index contributed by atoms with van der Waals surface area (Å²) >= 11 is 0. The van der Waals surface area contributed by atoms with Crippen molar-refractivity contribution in [2.24, 2.45) is 0 Å². The summed E-state index contributed by atoms with van der Waals surface area (Å²) in [6.45, 7) is 1.91. The molecule has 11 heavy (non-hydrogen) atoms. The lowest BCUT2D eigenvalue weighted by Crippen LogP contribution is -2.16. The zero-order valence-corrected chi connectivity index (χ0v) is 6.42. The molecule has 0 radical (unpaired) electrons. The molecule has 0 atom stereocenters. The van der Waals surface area contributed by atoms with E-state index in [-0.39, 0.29) is 11.8 Å². The fraction of sp³-hybridized carbons (Fsp3) is 0.500. The summed E-state index contributed by atoms with van der Waals surface area (Å²) in [5.74, 6) is -0.440. The maximum atomic E-state index is 10.9. The first-order valence-corrected chi connectivity index (χ1v) is 3.58. The number of cyclic esters (lactones) is 1. The Bertz CT molecular complexity index is 215. The first kappa shape index (κ1) is 7.98. The lowest BCUT2D eigenvalue weighted by atomic mass is 10.1. The molecule has 1 aliphatic heterocycles. The van der Waals surface area contributed by atoms with E-state index in [1.807, 2.05) is 0 Å². The molecule has 1 aliphatic rings. The van der Waals surface area contributed by atoms with E-state index in [0.717, 1.165) is 6.42 Å². The molecule has 0 saturated carbocycles. The maximum absolute atomic E-state index is 10.9. The number of ether oxygens (including phenoxy) is 1. The summed E-state index contributed by atoms with van der Waals surface area (Å²) < 4.78 is 4.73. The first-order chi connectivity index (χ1) is 5.20. The van der Waals surface area contributed by atoms with Gasteiger partial charge in [-0.15, -0.1) is 0 Å². The molecule has 1 saturated heterocycles. The summed E-state index contributed by atoms with van der Waals surface area (Å²) in [5.41, 5.74) is 0.503. The van der Waals surface area contributed by atoms with Gasteiger partial charge < -0.3 is 4.74 Å². The number of ketones is 1. The van der Waals surface area contributed by atoms with Gasteiger partial charge in [-0.3, -0.25) is 4.79 Å². The Morgan fingerprint density at radius 2 is 2.36 bits per heavy atom. The SMILES string of the molecule is CC(=O)/C=C1/CCCOC1=O. The van der Waals surface area contributed by atoms with Crippen LogP contribution in [0.15, 0.2) is 11.6 Å². The summed E-state index contributed by atoms with van der Waals surface area (Å²) in [7, 11) is 0. The van der Waals surface area contributed by atoms with Crippen LogP contribution < -0.4 is 0 Å². The molecule has 1 rings (SSSR count). The average Bonchev–Trinajstić information content (AvgIpc) is 1.93. The maximum Gasteiger partial charge on any atom is 0.334 e. The molecule has 3 nitrogen and oxygen atoms in total. The van der Waals surface area contributed by atoms with Gasteiger partial charge in [0.05, 0.1) is 6.61 Å². The lowest BCUT2D eigenvalue weighted by molar-refractivity contribution is -0.141. The van der Waals surface area contributed by atoms with Gasteiger partial charge in [-0.25, -0.2) is 4.79 Å². The molecule has 0 aromatic heterocycles. The molecule has 0 aromatic rings.